The van der Waals surface area contributed by atoms with Crippen molar-refractivity contribution in [1.82, 2.24) is 9.80 Å². The van der Waals surface area contributed by atoms with Crippen LogP contribution in [0.25, 0.3) is 0 Å². The van der Waals surface area contributed by atoms with Gasteiger partial charge >= 0.3 is 5.97 Å². The molecule has 2 bridgehead atoms. The number of carbonyl (C=O) groups is 1. The molecular weight excluding hydrogens is 448 g/mol. The van der Waals surface area contributed by atoms with E-state index >= 15 is 0 Å². The Morgan fingerprint density at radius 2 is 1.44 bits per heavy atom. The van der Waals surface area contributed by atoms with Gasteiger partial charge in [0.2, 0.25) is 0 Å². The van der Waals surface area contributed by atoms with E-state index in [2.05, 4.69) is 46.2 Å². The van der Waals surface area contributed by atoms with Crippen molar-refractivity contribution in [3.05, 3.63) is 100 Å². The molecule has 2 aliphatic rings. The number of fused-ring (bicyclic) bond motifs is 2. The third-order valence-electron chi connectivity index (χ3n) is 6.95. The van der Waals surface area contributed by atoms with Gasteiger partial charge in [-0.1, -0.05) is 48.0 Å². The van der Waals surface area contributed by atoms with E-state index in [1.54, 1.807) is 12.1 Å². The van der Waals surface area contributed by atoms with Crippen LogP contribution in [0, 0.1) is 0 Å². The first-order chi connectivity index (χ1) is 16.5. The Bertz CT molecular complexity index is 1120. The predicted octanol–water partition coefficient (Wildman–Crippen LogP) is 4.97. The van der Waals surface area contributed by atoms with Crippen molar-refractivity contribution < 1.29 is 14.6 Å². The van der Waals surface area contributed by atoms with Gasteiger partial charge in [0.1, 0.15) is 12.4 Å². The first-order valence-corrected chi connectivity index (χ1v) is 12.2. The van der Waals surface area contributed by atoms with Crippen molar-refractivity contribution in [1.29, 1.82) is 0 Å². The fourth-order valence-electron chi connectivity index (χ4n) is 5.11. The maximum atomic E-state index is 11.0. The summed E-state index contributed by atoms with van der Waals surface area (Å²) in [5.74, 6) is 0.0363. The second-order valence-electron chi connectivity index (χ2n) is 9.27. The van der Waals surface area contributed by atoms with E-state index in [0.29, 0.717) is 24.3 Å². The molecule has 0 unspecified atom stereocenters. The van der Waals surface area contributed by atoms with Crippen LogP contribution in [-0.2, 0) is 13.0 Å². The summed E-state index contributed by atoms with van der Waals surface area (Å²) in [6.07, 6.45) is 2.08. The highest BCUT2D eigenvalue weighted by atomic mass is 35.5. The summed E-state index contributed by atoms with van der Waals surface area (Å²) in [6.45, 7) is 4.64. The third kappa shape index (κ3) is 5.44. The molecule has 1 N–H and O–H groups in total. The largest absolute Gasteiger partial charge is 0.492 e. The van der Waals surface area contributed by atoms with Gasteiger partial charge in [-0.25, -0.2) is 4.79 Å². The van der Waals surface area contributed by atoms with Gasteiger partial charge in [0.05, 0.1) is 5.56 Å². The Labute approximate surface area is 205 Å². The number of aromatic carboxylic acids is 1. The van der Waals surface area contributed by atoms with Crippen LogP contribution in [0.5, 0.6) is 5.75 Å². The van der Waals surface area contributed by atoms with E-state index < -0.39 is 5.97 Å². The van der Waals surface area contributed by atoms with E-state index in [0.717, 1.165) is 43.4 Å². The van der Waals surface area contributed by atoms with Crippen LogP contribution in [0.15, 0.2) is 72.8 Å². The first kappa shape index (κ1) is 22.9. The van der Waals surface area contributed by atoms with E-state index in [1.807, 2.05) is 24.3 Å². The summed E-state index contributed by atoms with van der Waals surface area (Å²) in [5.41, 5.74) is 4.01. The zero-order chi connectivity index (χ0) is 23.5. The number of likely N-dealkylation sites (tertiary alicyclic amines) is 2. The van der Waals surface area contributed by atoms with Crippen molar-refractivity contribution in [2.75, 3.05) is 26.2 Å². The number of benzene rings is 3. The molecule has 0 saturated carbocycles. The average molecular weight is 477 g/mol. The Kier molecular flexibility index (Phi) is 6.86. The van der Waals surface area contributed by atoms with Crippen molar-refractivity contribution in [3.63, 3.8) is 0 Å². The summed E-state index contributed by atoms with van der Waals surface area (Å²) in [4.78, 5) is 16.1. The molecule has 34 heavy (non-hydrogen) atoms. The predicted molar refractivity (Wildman–Crippen MR) is 134 cm³/mol. The van der Waals surface area contributed by atoms with Crippen molar-refractivity contribution in [2.24, 2.45) is 0 Å². The number of ether oxygens (including phenoxy) is 1. The van der Waals surface area contributed by atoms with Crippen LogP contribution in [0.1, 0.15) is 33.5 Å². The molecule has 176 valence electrons. The average Bonchev–Trinajstić information content (AvgIpc) is 3.42. The van der Waals surface area contributed by atoms with Crippen LogP contribution in [0.3, 0.4) is 0 Å². The SMILES string of the molecule is O=C(O)c1ccc(CN2C[C@@H]3C[C@H]2CN3CCOc2ccc(Cc3ccc(Cl)cc3)cc2)cc1. The molecule has 2 heterocycles. The smallest absolute Gasteiger partial charge is 0.335 e. The van der Waals surface area contributed by atoms with Gasteiger partial charge in [-0.15, -0.1) is 0 Å². The monoisotopic (exact) mass is 476 g/mol. The molecule has 0 aromatic heterocycles. The lowest BCUT2D eigenvalue weighted by Crippen LogP contribution is -2.47. The quantitative estimate of drug-likeness (QED) is 0.472. The summed E-state index contributed by atoms with van der Waals surface area (Å²) < 4.78 is 6.03. The van der Waals surface area contributed by atoms with Crippen LogP contribution in [-0.4, -0.2) is 59.2 Å². The molecule has 3 aromatic rings. The molecule has 2 saturated heterocycles. The molecule has 3 aromatic carbocycles. The van der Waals surface area contributed by atoms with Crippen LogP contribution in [0.2, 0.25) is 5.02 Å². The molecule has 0 amide bonds. The lowest BCUT2D eigenvalue weighted by molar-refractivity contribution is 0.0697. The highest BCUT2D eigenvalue weighted by Crippen LogP contribution is 2.31. The van der Waals surface area contributed by atoms with Crippen molar-refractivity contribution in [3.8, 4) is 5.75 Å². The number of rotatable bonds is 9. The van der Waals surface area contributed by atoms with Gasteiger partial charge in [-0.3, -0.25) is 9.80 Å². The molecular formula is C28H29ClN2O3. The highest BCUT2D eigenvalue weighted by molar-refractivity contribution is 6.30. The molecule has 5 rings (SSSR count). The number of carboxylic acid groups (broad SMARTS) is 1. The molecule has 2 fully saturated rings. The first-order valence-electron chi connectivity index (χ1n) is 11.8. The number of hydrogen-bond donors (Lipinski definition) is 1. The molecule has 6 heteroatoms. The van der Waals surface area contributed by atoms with Crippen molar-refractivity contribution in [2.45, 2.75) is 31.5 Å². The maximum absolute atomic E-state index is 11.0. The zero-order valence-electron chi connectivity index (χ0n) is 19.1. The number of nitrogens with zero attached hydrogens (tertiary/aromatic N) is 2. The Morgan fingerprint density at radius 3 is 2.06 bits per heavy atom. The Balaban J connectivity index is 1.05. The normalized spacial score (nSPS) is 20.0. The van der Waals surface area contributed by atoms with Gasteiger partial charge in [0.15, 0.2) is 0 Å². The third-order valence-corrected chi connectivity index (χ3v) is 7.20. The van der Waals surface area contributed by atoms with E-state index in [1.165, 1.54) is 23.1 Å². The fraction of sp³-hybridized carbons (Fsp3) is 0.321. The molecule has 5 nitrogen and oxygen atoms in total. The number of halogens is 1. The fourth-order valence-corrected chi connectivity index (χ4v) is 5.23. The molecule has 0 spiro atoms. The summed E-state index contributed by atoms with van der Waals surface area (Å²) in [6, 6.07) is 24.7. The minimum atomic E-state index is -0.876. The van der Waals surface area contributed by atoms with Gasteiger partial charge in [0.25, 0.3) is 0 Å². The minimum absolute atomic E-state index is 0.342. The van der Waals surface area contributed by atoms with Gasteiger partial charge in [-0.2, -0.15) is 0 Å². The molecule has 0 aliphatic carbocycles. The second-order valence-corrected chi connectivity index (χ2v) is 9.70. The summed E-state index contributed by atoms with van der Waals surface area (Å²) in [7, 11) is 0. The minimum Gasteiger partial charge on any atom is -0.492 e. The Hall–Kier alpha value is -2.86. The maximum Gasteiger partial charge on any atom is 0.335 e. The second kappa shape index (κ2) is 10.2. The van der Waals surface area contributed by atoms with Crippen LogP contribution in [0.4, 0.5) is 0 Å². The van der Waals surface area contributed by atoms with Gasteiger partial charge in [-0.05, 0) is 65.9 Å². The standard InChI is InChI=1S/C28H29ClN2O3/c29-24-9-3-20(4-10-24)15-21-5-11-27(12-6-21)34-14-13-30-18-26-16-25(30)19-31(26)17-22-1-7-23(8-2-22)28(32)33/h1-12,25-26H,13-19H2,(H,32,33)/t25-,26-/m0/s1. The van der Waals surface area contributed by atoms with E-state index in [-0.39, 0.29) is 0 Å². The lowest BCUT2D eigenvalue weighted by atomic mass is 10.1. The molecule has 2 atom stereocenters. The van der Waals surface area contributed by atoms with E-state index in [9.17, 15) is 4.79 Å². The topological polar surface area (TPSA) is 53.0 Å². The number of piperazine rings is 1. The number of carboxylic acids is 1. The summed E-state index contributed by atoms with van der Waals surface area (Å²) >= 11 is 5.97. The highest BCUT2D eigenvalue weighted by Gasteiger charge is 2.42. The summed E-state index contributed by atoms with van der Waals surface area (Å²) in [5, 5.41) is 9.83. The van der Waals surface area contributed by atoms with Crippen LogP contribution >= 0.6 is 11.6 Å². The number of hydrogen-bond acceptors (Lipinski definition) is 4. The Morgan fingerprint density at radius 1 is 0.853 bits per heavy atom. The van der Waals surface area contributed by atoms with Crippen molar-refractivity contribution >= 4 is 17.6 Å². The van der Waals surface area contributed by atoms with Gasteiger partial charge < -0.3 is 9.84 Å². The lowest BCUT2D eigenvalue weighted by Gasteiger charge is -2.34. The zero-order valence-corrected chi connectivity index (χ0v) is 19.8. The van der Waals surface area contributed by atoms with Gasteiger partial charge in [0, 0.05) is 43.3 Å². The van der Waals surface area contributed by atoms with Crippen LogP contribution < -0.4 is 4.74 Å². The van der Waals surface area contributed by atoms with E-state index in [4.69, 9.17) is 21.4 Å². The molecule has 0 radical (unpaired) electrons. The molecule has 2 aliphatic heterocycles.